The van der Waals surface area contributed by atoms with E-state index in [4.69, 9.17) is 4.89 Å². The molecule has 54 valence electrons. The molecule has 0 N–H and O–H groups in total. The largest absolute Gasteiger partial charge is 0.233 e. The van der Waals surface area contributed by atoms with Crippen LogP contribution in [0.1, 0.15) is 33.1 Å². The third kappa shape index (κ3) is 1.66. The van der Waals surface area contributed by atoms with Gasteiger partial charge < -0.3 is 0 Å². The summed E-state index contributed by atoms with van der Waals surface area (Å²) in [6.07, 6.45) is 3.60. The maximum Gasteiger partial charge on any atom is 0.127 e. The van der Waals surface area contributed by atoms with Gasteiger partial charge in [-0.1, -0.05) is 19.8 Å². The molecule has 2 nitrogen and oxygen atoms in total. The second kappa shape index (κ2) is 2.67. The van der Waals surface area contributed by atoms with Crippen molar-refractivity contribution in [1.82, 2.24) is 0 Å². The summed E-state index contributed by atoms with van der Waals surface area (Å²) in [4.78, 5) is 9.56. The minimum atomic E-state index is 0.0516. The second-order valence-corrected chi connectivity index (χ2v) is 2.90. The van der Waals surface area contributed by atoms with E-state index in [9.17, 15) is 0 Å². The van der Waals surface area contributed by atoms with Crippen molar-refractivity contribution in [3.8, 4) is 0 Å². The van der Waals surface area contributed by atoms with E-state index in [-0.39, 0.29) is 5.60 Å². The molecule has 0 aliphatic carbocycles. The zero-order valence-corrected chi connectivity index (χ0v) is 6.14. The van der Waals surface area contributed by atoms with Crippen LogP contribution in [0, 0.1) is 0 Å². The number of hydrogen-bond acceptors (Lipinski definition) is 2. The summed E-state index contributed by atoms with van der Waals surface area (Å²) in [7, 11) is 0. The van der Waals surface area contributed by atoms with Gasteiger partial charge in [-0.15, -0.1) is 0 Å². The molecule has 0 amide bonds. The summed E-state index contributed by atoms with van der Waals surface area (Å²) in [6.45, 7) is 5.04. The molecule has 0 aromatic rings. The molecule has 0 spiro atoms. The highest BCUT2D eigenvalue weighted by Gasteiger charge is 2.34. The molecule has 1 fully saturated rings. The van der Waals surface area contributed by atoms with Crippen molar-refractivity contribution < 1.29 is 9.78 Å². The lowest BCUT2D eigenvalue weighted by Crippen LogP contribution is -2.44. The molecule has 9 heavy (non-hydrogen) atoms. The average Bonchev–Trinajstić information content (AvgIpc) is 1.79. The Hall–Kier alpha value is -0.0800. The molecule has 0 aromatic carbocycles. The highest BCUT2D eigenvalue weighted by atomic mass is 17.2. The van der Waals surface area contributed by atoms with Crippen LogP contribution in [0.5, 0.6) is 0 Å². The van der Waals surface area contributed by atoms with Gasteiger partial charge in [0, 0.05) is 0 Å². The molecule has 1 unspecified atom stereocenters. The van der Waals surface area contributed by atoms with Crippen molar-refractivity contribution in [2.45, 2.75) is 38.7 Å². The summed E-state index contributed by atoms with van der Waals surface area (Å²) >= 11 is 0. The van der Waals surface area contributed by atoms with Gasteiger partial charge in [-0.05, 0) is 13.3 Å². The van der Waals surface area contributed by atoms with E-state index in [2.05, 4.69) is 18.7 Å². The van der Waals surface area contributed by atoms with Crippen LogP contribution in [-0.4, -0.2) is 12.2 Å². The minimum Gasteiger partial charge on any atom is -0.233 e. The fourth-order valence-corrected chi connectivity index (χ4v) is 0.925. The van der Waals surface area contributed by atoms with E-state index in [0.29, 0.717) is 0 Å². The van der Waals surface area contributed by atoms with Gasteiger partial charge in [-0.25, -0.2) is 9.78 Å². The monoisotopic (exact) mass is 130 g/mol. The van der Waals surface area contributed by atoms with Crippen molar-refractivity contribution in [2.24, 2.45) is 0 Å². The SMILES string of the molecule is CCCCC1(C)COO1. The Morgan fingerprint density at radius 1 is 1.56 bits per heavy atom. The normalized spacial score (nSPS) is 34.0. The van der Waals surface area contributed by atoms with E-state index < -0.39 is 0 Å². The topological polar surface area (TPSA) is 18.5 Å². The molecule has 1 saturated heterocycles. The molecule has 0 radical (unpaired) electrons. The first-order valence-electron chi connectivity index (χ1n) is 3.57. The van der Waals surface area contributed by atoms with Gasteiger partial charge in [0.2, 0.25) is 0 Å². The van der Waals surface area contributed by atoms with Gasteiger partial charge in [-0.3, -0.25) is 0 Å². The average molecular weight is 130 g/mol. The molecule has 0 aromatic heterocycles. The molecule has 0 saturated carbocycles. The highest BCUT2D eigenvalue weighted by Crippen LogP contribution is 2.26. The maximum atomic E-state index is 4.92. The zero-order chi connectivity index (χ0) is 6.74. The Morgan fingerprint density at radius 2 is 2.22 bits per heavy atom. The predicted molar refractivity (Wildman–Crippen MR) is 35.0 cm³/mol. The van der Waals surface area contributed by atoms with Crippen molar-refractivity contribution in [3.63, 3.8) is 0 Å². The molecule has 1 aliphatic heterocycles. The van der Waals surface area contributed by atoms with Crippen molar-refractivity contribution >= 4 is 0 Å². The van der Waals surface area contributed by atoms with Crippen LogP contribution in [-0.2, 0) is 9.78 Å². The number of hydrogen-bond donors (Lipinski definition) is 0. The van der Waals surface area contributed by atoms with Gasteiger partial charge in [-0.2, -0.15) is 0 Å². The van der Waals surface area contributed by atoms with Gasteiger partial charge >= 0.3 is 0 Å². The maximum absolute atomic E-state index is 4.92. The van der Waals surface area contributed by atoms with E-state index >= 15 is 0 Å². The predicted octanol–water partition coefficient (Wildman–Crippen LogP) is 1.90. The Labute approximate surface area is 56.1 Å². The van der Waals surface area contributed by atoms with Crippen molar-refractivity contribution in [2.75, 3.05) is 6.61 Å². The summed E-state index contributed by atoms with van der Waals surface area (Å²) in [6, 6.07) is 0. The highest BCUT2D eigenvalue weighted by molar-refractivity contribution is 4.76. The molecular weight excluding hydrogens is 116 g/mol. The standard InChI is InChI=1S/C7H14O2/c1-3-4-5-7(2)6-8-9-7/h3-6H2,1-2H3. The lowest BCUT2D eigenvalue weighted by molar-refractivity contribution is -0.467. The third-order valence-electron chi connectivity index (χ3n) is 1.68. The number of unbranched alkanes of at least 4 members (excludes halogenated alkanes) is 1. The van der Waals surface area contributed by atoms with Crippen LogP contribution in [0.15, 0.2) is 0 Å². The van der Waals surface area contributed by atoms with Gasteiger partial charge in [0.25, 0.3) is 0 Å². The lowest BCUT2D eigenvalue weighted by atomic mass is 9.99. The second-order valence-electron chi connectivity index (χ2n) is 2.90. The van der Waals surface area contributed by atoms with Gasteiger partial charge in [0.1, 0.15) is 12.2 Å². The molecule has 1 rings (SSSR count). The molecule has 2 heteroatoms. The Kier molecular flexibility index (Phi) is 2.09. The fourth-order valence-electron chi connectivity index (χ4n) is 0.925. The summed E-state index contributed by atoms with van der Waals surface area (Å²) in [5.74, 6) is 0. The molecule has 1 heterocycles. The van der Waals surface area contributed by atoms with Crippen molar-refractivity contribution in [1.29, 1.82) is 0 Å². The fraction of sp³-hybridized carbons (Fsp3) is 1.00. The van der Waals surface area contributed by atoms with E-state index in [1.54, 1.807) is 0 Å². The first kappa shape index (κ1) is 7.03. The summed E-state index contributed by atoms with van der Waals surface area (Å²) in [5, 5.41) is 0. The summed E-state index contributed by atoms with van der Waals surface area (Å²) < 4.78 is 0. The smallest absolute Gasteiger partial charge is 0.127 e. The van der Waals surface area contributed by atoms with Crippen LogP contribution in [0.4, 0.5) is 0 Å². The first-order chi connectivity index (χ1) is 4.27. The molecular formula is C7H14O2. The Morgan fingerprint density at radius 3 is 2.56 bits per heavy atom. The van der Waals surface area contributed by atoms with Crippen LogP contribution in [0.25, 0.3) is 0 Å². The van der Waals surface area contributed by atoms with Crippen LogP contribution in [0.3, 0.4) is 0 Å². The van der Waals surface area contributed by atoms with Gasteiger partial charge in [0.05, 0.1) is 0 Å². The first-order valence-corrected chi connectivity index (χ1v) is 3.57. The van der Waals surface area contributed by atoms with Crippen LogP contribution < -0.4 is 0 Å². The van der Waals surface area contributed by atoms with E-state index in [1.807, 2.05) is 0 Å². The lowest BCUT2D eigenvalue weighted by Gasteiger charge is -2.35. The van der Waals surface area contributed by atoms with Gasteiger partial charge in [0.15, 0.2) is 0 Å². The third-order valence-corrected chi connectivity index (χ3v) is 1.68. The molecule has 1 aliphatic rings. The number of rotatable bonds is 3. The van der Waals surface area contributed by atoms with E-state index in [0.717, 1.165) is 13.0 Å². The minimum absolute atomic E-state index is 0.0516. The van der Waals surface area contributed by atoms with E-state index in [1.165, 1.54) is 12.8 Å². The molecule has 1 atom stereocenters. The zero-order valence-electron chi connectivity index (χ0n) is 6.14. The molecule has 0 bridgehead atoms. The summed E-state index contributed by atoms with van der Waals surface area (Å²) in [5.41, 5.74) is 0.0516. The Balaban J connectivity index is 2.09. The Bertz CT molecular complexity index is 86.9. The van der Waals surface area contributed by atoms with Crippen LogP contribution in [0.2, 0.25) is 0 Å². The van der Waals surface area contributed by atoms with Crippen molar-refractivity contribution in [3.05, 3.63) is 0 Å². The quantitative estimate of drug-likeness (QED) is 0.543. The van der Waals surface area contributed by atoms with Crippen LogP contribution >= 0.6 is 0 Å².